The Morgan fingerprint density at radius 1 is 1.13 bits per heavy atom. The van der Waals surface area contributed by atoms with Gasteiger partial charge < -0.3 is 5.11 Å². The zero-order valence-corrected chi connectivity index (χ0v) is 10.2. The van der Waals surface area contributed by atoms with Crippen molar-refractivity contribution < 1.29 is 5.11 Å². The molecule has 0 aliphatic carbocycles. The van der Waals surface area contributed by atoms with Crippen LogP contribution in [0.5, 0.6) is 0 Å². The number of unbranched alkanes of at least 4 members (excludes halogenated alkanes) is 5. The molecule has 88 valence electrons. The van der Waals surface area contributed by atoms with E-state index in [0.29, 0.717) is 6.42 Å². The molecule has 0 saturated carbocycles. The Hall–Kier alpha value is -0.550. The molecule has 2 nitrogen and oxygen atoms in total. The largest absolute Gasteiger partial charge is 0.393 e. The van der Waals surface area contributed by atoms with Crippen LogP contribution < -0.4 is 0 Å². The summed E-state index contributed by atoms with van der Waals surface area (Å²) < 4.78 is 0. The molecule has 0 heterocycles. The van der Waals surface area contributed by atoms with Gasteiger partial charge in [0.15, 0.2) is 0 Å². The minimum atomic E-state index is -0.272. The summed E-state index contributed by atoms with van der Waals surface area (Å²) in [6, 6.07) is 2.15. The summed E-state index contributed by atoms with van der Waals surface area (Å²) in [6.45, 7) is 4.08. The van der Waals surface area contributed by atoms with Gasteiger partial charge in [-0.15, -0.1) is 0 Å². The zero-order chi connectivity index (χ0) is 11.5. The second-order valence-corrected chi connectivity index (χ2v) is 4.48. The van der Waals surface area contributed by atoms with E-state index in [1.54, 1.807) is 0 Å². The van der Waals surface area contributed by atoms with E-state index in [0.717, 1.165) is 12.8 Å². The van der Waals surface area contributed by atoms with Gasteiger partial charge in [-0.05, 0) is 19.8 Å². The topological polar surface area (TPSA) is 44.0 Å². The van der Waals surface area contributed by atoms with Gasteiger partial charge in [0.25, 0.3) is 0 Å². The molecule has 0 spiro atoms. The fraction of sp³-hybridized carbons (Fsp3) is 0.923. The van der Waals surface area contributed by atoms with Gasteiger partial charge in [0, 0.05) is 5.92 Å². The van der Waals surface area contributed by atoms with Crippen molar-refractivity contribution in [2.45, 2.75) is 71.3 Å². The Kier molecular flexibility index (Phi) is 9.62. The van der Waals surface area contributed by atoms with E-state index >= 15 is 0 Å². The Labute approximate surface area is 94.3 Å². The third-order valence-electron chi connectivity index (χ3n) is 2.74. The van der Waals surface area contributed by atoms with Crippen molar-refractivity contribution in [1.82, 2.24) is 0 Å². The van der Waals surface area contributed by atoms with E-state index in [1.807, 2.05) is 6.92 Å². The predicted octanol–water partition coefficient (Wildman–Crippen LogP) is 3.65. The molecule has 0 rings (SSSR count). The molecule has 0 bridgehead atoms. The molecule has 0 amide bonds. The normalized spacial score (nSPS) is 14.5. The highest BCUT2D eigenvalue weighted by Crippen LogP contribution is 2.13. The van der Waals surface area contributed by atoms with Crippen molar-refractivity contribution >= 4 is 0 Å². The van der Waals surface area contributed by atoms with Crippen LogP contribution in [0.3, 0.4) is 0 Å². The maximum absolute atomic E-state index is 9.60. The SMILES string of the molecule is CCCCCCCCC(O)CC(C)C#N. The van der Waals surface area contributed by atoms with Gasteiger partial charge in [-0.25, -0.2) is 0 Å². The number of aliphatic hydroxyl groups excluding tert-OH is 1. The number of hydrogen-bond donors (Lipinski definition) is 1. The molecule has 0 radical (unpaired) electrons. The molecule has 0 saturated heterocycles. The summed E-state index contributed by atoms with van der Waals surface area (Å²) in [5, 5.41) is 18.2. The average Bonchev–Trinajstić information content (AvgIpc) is 2.23. The molecule has 1 N–H and O–H groups in total. The summed E-state index contributed by atoms with van der Waals surface area (Å²) in [5.74, 6) is -0.0138. The molecule has 0 aromatic heterocycles. The van der Waals surface area contributed by atoms with Crippen molar-refractivity contribution in [3.8, 4) is 6.07 Å². The first-order valence-electron chi connectivity index (χ1n) is 6.28. The van der Waals surface area contributed by atoms with Gasteiger partial charge in [-0.2, -0.15) is 5.26 Å². The maximum atomic E-state index is 9.60. The lowest BCUT2D eigenvalue weighted by Gasteiger charge is -2.11. The van der Waals surface area contributed by atoms with Crippen molar-refractivity contribution in [3.05, 3.63) is 0 Å². The van der Waals surface area contributed by atoms with E-state index in [-0.39, 0.29) is 12.0 Å². The molecule has 2 unspecified atom stereocenters. The maximum Gasteiger partial charge on any atom is 0.0653 e. The van der Waals surface area contributed by atoms with Crippen LogP contribution >= 0.6 is 0 Å². The van der Waals surface area contributed by atoms with Crippen molar-refractivity contribution in [1.29, 1.82) is 5.26 Å². The molecule has 0 aliphatic rings. The number of nitrogens with zero attached hydrogens (tertiary/aromatic N) is 1. The molecular weight excluding hydrogens is 186 g/mol. The summed E-state index contributed by atoms with van der Waals surface area (Å²) in [6.07, 6.45) is 8.75. The summed E-state index contributed by atoms with van der Waals surface area (Å²) in [4.78, 5) is 0. The fourth-order valence-electron chi connectivity index (χ4n) is 1.74. The van der Waals surface area contributed by atoms with Gasteiger partial charge in [0.05, 0.1) is 12.2 Å². The smallest absolute Gasteiger partial charge is 0.0653 e. The van der Waals surface area contributed by atoms with E-state index in [2.05, 4.69) is 13.0 Å². The third kappa shape index (κ3) is 9.75. The molecule has 2 atom stereocenters. The Balaban J connectivity index is 3.24. The summed E-state index contributed by atoms with van der Waals surface area (Å²) in [7, 11) is 0. The lowest BCUT2D eigenvalue weighted by Crippen LogP contribution is -2.10. The fourth-order valence-corrected chi connectivity index (χ4v) is 1.74. The molecule has 0 aromatic carbocycles. The first-order chi connectivity index (χ1) is 7.20. The number of hydrogen-bond acceptors (Lipinski definition) is 2. The standard InChI is InChI=1S/C13H25NO/c1-3-4-5-6-7-8-9-13(15)10-12(2)11-14/h12-13,15H,3-10H2,1-2H3. The van der Waals surface area contributed by atoms with Crippen LogP contribution in [0.4, 0.5) is 0 Å². The molecule has 2 heteroatoms. The molecule has 0 fully saturated rings. The first-order valence-corrected chi connectivity index (χ1v) is 6.28. The quantitative estimate of drug-likeness (QED) is 0.592. The van der Waals surface area contributed by atoms with E-state index in [4.69, 9.17) is 5.26 Å². The number of nitriles is 1. The average molecular weight is 211 g/mol. The molecule has 0 aromatic rings. The lowest BCUT2D eigenvalue weighted by molar-refractivity contribution is 0.141. The van der Waals surface area contributed by atoms with Crippen LogP contribution in [0.15, 0.2) is 0 Å². The first kappa shape index (κ1) is 14.5. The van der Waals surface area contributed by atoms with Gasteiger partial charge >= 0.3 is 0 Å². The zero-order valence-electron chi connectivity index (χ0n) is 10.2. The second-order valence-electron chi connectivity index (χ2n) is 4.48. The van der Waals surface area contributed by atoms with Gasteiger partial charge in [-0.1, -0.05) is 45.4 Å². The van der Waals surface area contributed by atoms with Gasteiger partial charge in [0.2, 0.25) is 0 Å². The van der Waals surface area contributed by atoms with Gasteiger partial charge in [0.1, 0.15) is 0 Å². The highest BCUT2D eigenvalue weighted by molar-refractivity contribution is 4.80. The van der Waals surface area contributed by atoms with E-state index in [1.165, 1.54) is 32.1 Å². The molecule has 15 heavy (non-hydrogen) atoms. The summed E-state index contributed by atoms with van der Waals surface area (Å²) >= 11 is 0. The van der Waals surface area contributed by atoms with Crippen LogP contribution in [0.2, 0.25) is 0 Å². The molecule has 0 aliphatic heterocycles. The van der Waals surface area contributed by atoms with Crippen molar-refractivity contribution in [2.75, 3.05) is 0 Å². The number of rotatable bonds is 9. The molecular formula is C13H25NO. The van der Waals surface area contributed by atoms with Crippen LogP contribution in [-0.4, -0.2) is 11.2 Å². The van der Waals surface area contributed by atoms with Crippen molar-refractivity contribution in [2.24, 2.45) is 5.92 Å². The van der Waals surface area contributed by atoms with E-state index < -0.39 is 0 Å². The predicted molar refractivity (Wildman–Crippen MR) is 63.4 cm³/mol. The highest BCUT2D eigenvalue weighted by Gasteiger charge is 2.08. The minimum absolute atomic E-state index is 0.0138. The van der Waals surface area contributed by atoms with Gasteiger partial charge in [-0.3, -0.25) is 0 Å². The summed E-state index contributed by atoms with van der Waals surface area (Å²) in [5.41, 5.74) is 0. The van der Waals surface area contributed by atoms with Crippen LogP contribution in [0.25, 0.3) is 0 Å². The van der Waals surface area contributed by atoms with Crippen LogP contribution in [-0.2, 0) is 0 Å². The minimum Gasteiger partial charge on any atom is -0.393 e. The van der Waals surface area contributed by atoms with Crippen molar-refractivity contribution in [3.63, 3.8) is 0 Å². The van der Waals surface area contributed by atoms with Crippen LogP contribution in [0, 0.1) is 17.2 Å². The lowest BCUT2D eigenvalue weighted by atomic mass is 10.00. The Morgan fingerprint density at radius 3 is 2.33 bits per heavy atom. The number of aliphatic hydroxyl groups is 1. The van der Waals surface area contributed by atoms with Crippen LogP contribution in [0.1, 0.15) is 65.2 Å². The second kappa shape index (κ2) is 9.98. The Bertz CT molecular complexity index is 174. The Morgan fingerprint density at radius 2 is 1.73 bits per heavy atom. The highest BCUT2D eigenvalue weighted by atomic mass is 16.3. The third-order valence-corrected chi connectivity index (χ3v) is 2.74. The monoisotopic (exact) mass is 211 g/mol. The van der Waals surface area contributed by atoms with E-state index in [9.17, 15) is 5.11 Å².